The second-order valence-electron chi connectivity index (χ2n) is 5.45. The molecule has 2 aromatic carbocycles. The monoisotopic (exact) mass is 313 g/mol. The van der Waals surface area contributed by atoms with E-state index in [0.29, 0.717) is 18.0 Å². The van der Waals surface area contributed by atoms with Gasteiger partial charge in [-0.05, 0) is 51.5 Å². The summed E-state index contributed by atoms with van der Waals surface area (Å²) >= 11 is 0. The standard InChI is InChI=1S/C19H23NO3/c1-5-22-18-9-7-6-8-16(18)20-19(21)15(4)23-17-11-10-13(2)12-14(17)3/h6-12,15H,5H2,1-4H3,(H,20,21)/t15-/m1/s1. The van der Waals surface area contributed by atoms with Crippen LogP contribution in [0.15, 0.2) is 42.5 Å². The maximum absolute atomic E-state index is 12.4. The molecule has 2 rings (SSSR count). The third-order valence-corrected chi connectivity index (χ3v) is 3.45. The Morgan fingerprint density at radius 2 is 1.87 bits per heavy atom. The smallest absolute Gasteiger partial charge is 0.265 e. The zero-order valence-electron chi connectivity index (χ0n) is 14.1. The molecule has 0 unspecified atom stereocenters. The van der Waals surface area contributed by atoms with Gasteiger partial charge in [0.2, 0.25) is 0 Å². The number of amides is 1. The Hall–Kier alpha value is -2.49. The van der Waals surface area contributed by atoms with Gasteiger partial charge in [-0.25, -0.2) is 0 Å². The van der Waals surface area contributed by atoms with Crippen molar-refractivity contribution in [1.29, 1.82) is 0 Å². The fraction of sp³-hybridized carbons (Fsp3) is 0.316. The zero-order valence-corrected chi connectivity index (χ0v) is 14.1. The molecule has 2 aromatic rings. The Bertz CT molecular complexity index is 682. The van der Waals surface area contributed by atoms with Crippen LogP contribution in [-0.4, -0.2) is 18.6 Å². The van der Waals surface area contributed by atoms with Gasteiger partial charge in [-0.1, -0.05) is 29.8 Å². The van der Waals surface area contributed by atoms with Gasteiger partial charge in [-0.15, -0.1) is 0 Å². The highest BCUT2D eigenvalue weighted by Gasteiger charge is 2.17. The number of carbonyl (C=O) groups is 1. The number of anilines is 1. The molecule has 0 saturated carbocycles. The van der Waals surface area contributed by atoms with Crippen LogP contribution in [0, 0.1) is 13.8 Å². The molecule has 4 heteroatoms. The normalized spacial score (nSPS) is 11.7. The van der Waals surface area contributed by atoms with Gasteiger partial charge in [0.05, 0.1) is 12.3 Å². The molecule has 0 aromatic heterocycles. The molecule has 1 amide bonds. The maximum atomic E-state index is 12.4. The SMILES string of the molecule is CCOc1ccccc1NC(=O)[C@@H](C)Oc1ccc(C)cc1C. The van der Waals surface area contributed by atoms with Crippen molar-refractivity contribution >= 4 is 11.6 Å². The molecule has 23 heavy (non-hydrogen) atoms. The Kier molecular flexibility index (Phi) is 5.63. The van der Waals surface area contributed by atoms with Gasteiger partial charge in [-0.2, -0.15) is 0 Å². The van der Waals surface area contributed by atoms with E-state index in [-0.39, 0.29) is 5.91 Å². The van der Waals surface area contributed by atoms with E-state index in [4.69, 9.17) is 9.47 Å². The van der Waals surface area contributed by atoms with Crippen molar-refractivity contribution in [3.05, 3.63) is 53.6 Å². The number of hydrogen-bond acceptors (Lipinski definition) is 3. The largest absolute Gasteiger partial charge is 0.492 e. The summed E-state index contributed by atoms with van der Waals surface area (Å²) in [6.07, 6.45) is -0.605. The first-order valence-corrected chi connectivity index (χ1v) is 7.78. The van der Waals surface area contributed by atoms with Crippen LogP contribution in [0.5, 0.6) is 11.5 Å². The van der Waals surface area contributed by atoms with Gasteiger partial charge >= 0.3 is 0 Å². The second kappa shape index (κ2) is 7.68. The van der Waals surface area contributed by atoms with Crippen LogP contribution in [0.25, 0.3) is 0 Å². The van der Waals surface area contributed by atoms with Gasteiger partial charge in [0.25, 0.3) is 5.91 Å². The zero-order chi connectivity index (χ0) is 16.8. The summed E-state index contributed by atoms with van der Waals surface area (Å²) in [5.41, 5.74) is 2.83. The fourth-order valence-electron chi connectivity index (χ4n) is 2.26. The lowest BCUT2D eigenvalue weighted by molar-refractivity contribution is -0.122. The first-order valence-electron chi connectivity index (χ1n) is 7.78. The summed E-state index contributed by atoms with van der Waals surface area (Å²) in [6, 6.07) is 13.3. The Labute approximate surface area is 137 Å². The summed E-state index contributed by atoms with van der Waals surface area (Å²) in [4.78, 5) is 12.4. The third-order valence-electron chi connectivity index (χ3n) is 3.45. The summed E-state index contributed by atoms with van der Waals surface area (Å²) in [5.74, 6) is 1.16. The summed E-state index contributed by atoms with van der Waals surface area (Å²) in [6.45, 7) is 8.18. The van der Waals surface area contributed by atoms with Crippen LogP contribution < -0.4 is 14.8 Å². The minimum Gasteiger partial charge on any atom is -0.492 e. The Morgan fingerprint density at radius 1 is 1.13 bits per heavy atom. The molecule has 0 fully saturated rings. The number of carbonyl (C=O) groups excluding carboxylic acids is 1. The van der Waals surface area contributed by atoms with Gasteiger partial charge in [0, 0.05) is 0 Å². The van der Waals surface area contributed by atoms with Gasteiger partial charge in [0.15, 0.2) is 6.10 Å². The highest BCUT2D eigenvalue weighted by molar-refractivity contribution is 5.95. The van der Waals surface area contributed by atoms with E-state index < -0.39 is 6.10 Å². The molecule has 0 saturated heterocycles. The number of ether oxygens (including phenoxy) is 2. The maximum Gasteiger partial charge on any atom is 0.265 e. The molecule has 122 valence electrons. The average molecular weight is 313 g/mol. The van der Waals surface area contributed by atoms with Crippen molar-refractivity contribution in [2.75, 3.05) is 11.9 Å². The molecule has 0 aliphatic rings. The molecule has 0 radical (unpaired) electrons. The van der Waals surface area contributed by atoms with Crippen molar-refractivity contribution in [1.82, 2.24) is 0 Å². The van der Waals surface area contributed by atoms with Crippen molar-refractivity contribution < 1.29 is 14.3 Å². The van der Waals surface area contributed by atoms with Crippen LogP contribution in [0.3, 0.4) is 0 Å². The topological polar surface area (TPSA) is 47.6 Å². The van der Waals surface area contributed by atoms with Crippen molar-refractivity contribution in [3.63, 3.8) is 0 Å². The molecule has 0 bridgehead atoms. The van der Waals surface area contributed by atoms with E-state index in [1.54, 1.807) is 6.92 Å². The molecule has 4 nitrogen and oxygen atoms in total. The van der Waals surface area contributed by atoms with Gasteiger partial charge in [0.1, 0.15) is 11.5 Å². The van der Waals surface area contributed by atoms with Crippen LogP contribution in [0.4, 0.5) is 5.69 Å². The van der Waals surface area contributed by atoms with E-state index in [1.807, 2.05) is 63.2 Å². The summed E-state index contributed by atoms with van der Waals surface area (Å²) in [5, 5.41) is 2.86. The predicted molar refractivity (Wildman–Crippen MR) is 92.2 cm³/mol. The van der Waals surface area contributed by atoms with Crippen molar-refractivity contribution in [2.24, 2.45) is 0 Å². The minimum absolute atomic E-state index is 0.211. The van der Waals surface area contributed by atoms with E-state index >= 15 is 0 Å². The van der Waals surface area contributed by atoms with E-state index in [1.165, 1.54) is 0 Å². The molecule has 1 atom stereocenters. The quantitative estimate of drug-likeness (QED) is 0.873. The lowest BCUT2D eigenvalue weighted by atomic mass is 10.1. The molecule has 0 aliphatic carbocycles. The number of rotatable bonds is 6. The highest BCUT2D eigenvalue weighted by atomic mass is 16.5. The molecule has 0 spiro atoms. The van der Waals surface area contributed by atoms with E-state index in [0.717, 1.165) is 16.9 Å². The number of hydrogen-bond donors (Lipinski definition) is 1. The lowest BCUT2D eigenvalue weighted by Crippen LogP contribution is -2.30. The first-order chi connectivity index (χ1) is 11.0. The van der Waals surface area contributed by atoms with Gasteiger partial charge in [-0.3, -0.25) is 4.79 Å². The van der Waals surface area contributed by atoms with Crippen LogP contribution in [-0.2, 0) is 4.79 Å². The third kappa shape index (κ3) is 4.49. The Morgan fingerprint density at radius 3 is 2.57 bits per heavy atom. The predicted octanol–water partition coefficient (Wildman–Crippen LogP) is 4.11. The van der Waals surface area contributed by atoms with Crippen molar-refractivity contribution in [3.8, 4) is 11.5 Å². The summed E-state index contributed by atoms with van der Waals surface area (Å²) < 4.78 is 11.3. The van der Waals surface area contributed by atoms with Crippen LogP contribution in [0.2, 0.25) is 0 Å². The molecular weight excluding hydrogens is 290 g/mol. The number of benzene rings is 2. The van der Waals surface area contributed by atoms with E-state index in [9.17, 15) is 4.79 Å². The minimum atomic E-state index is -0.605. The number of para-hydroxylation sites is 2. The summed E-state index contributed by atoms with van der Waals surface area (Å²) in [7, 11) is 0. The number of nitrogens with one attached hydrogen (secondary N) is 1. The van der Waals surface area contributed by atoms with E-state index in [2.05, 4.69) is 5.32 Å². The Balaban J connectivity index is 2.05. The average Bonchev–Trinajstić information content (AvgIpc) is 2.52. The van der Waals surface area contributed by atoms with Crippen LogP contribution >= 0.6 is 0 Å². The van der Waals surface area contributed by atoms with Gasteiger partial charge < -0.3 is 14.8 Å². The van der Waals surface area contributed by atoms with Crippen molar-refractivity contribution in [2.45, 2.75) is 33.8 Å². The molecule has 0 aliphatic heterocycles. The highest BCUT2D eigenvalue weighted by Crippen LogP contribution is 2.25. The second-order valence-corrected chi connectivity index (χ2v) is 5.45. The lowest BCUT2D eigenvalue weighted by Gasteiger charge is -2.17. The first kappa shape index (κ1) is 16.9. The fourth-order valence-corrected chi connectivity index (χ4v) is 2.26. The molecule has 1 N–H and O–H groups in total. The molecule has 0 heterocycles. The number of aryl methyl sites for hydroxylation is 2. The molecular formula is C19H23NO3. The van der Waals surface area contributed by atoms with Crippen LogP contribution in [0.1, 0.15) is 25.0 Å².